The molecule has 1 N–H and O–H groups in total. The van der Waals surface area contributed by atoms with E-state index in [9.17, 15) is 27.1 Å². The zero-order chi connectivity index (χ0) is 23.1. The maximum Gasteiger partial charge on any atom is 0.459 e. The molecule has 0 aromatic heterocycles. The number of alkyl halides is 5. The number of halogens is 6. The number of para-hydroxylation sites is 1. The first-order valence-corrected chi connectivity index (χ1v) is 9.91. The van der Waals surface area contributed by atoms with E-state index < -0.39 is 30.3 Å². The van der Waals surface area contributed by atoms with Crippen molar-refractivity contribution < 1.29 is 27.1 Å². The lowest BCUT2D eigenvalue weighted by atomic mass is 9.95. The third-order valence-electron chi connectivity index (χ3n) is 5.18. The van der Waals surface area contributed by atoms with Gasteiger partial charge in [-0.25, -0.2) is 0 Å². The number of hydrazone groups is 1. The van der Waals surface area contributed by atoms with Gasteiger partial charge in [0.2, 0.25) is 0 Å². The Bertz CT molecular complexity index is 1180. The minimum absolute atomic E-state index is 0.0434. The molecule has 1 heterocycles. The minimum atomic E-state index is -5.77. The van der Waals surface area contributed by atoms with E-state index in [1.807, 2.05) is 0 Å². The molecule has 0 fully saturated rings. The molecule has 0 aliphatic carbocycles. The molecule has 9 heteroatoms. The van der Waals surface area contributed by atoms with Crippen LogP contribution in [0.25, 0.3) is 11.1 Å². The molecule has 0 spiro atoms. The summed E-state index contributed by atoms with van der Waals surface area (Å²) < 4.78 is 67.5. The van der Waals surface area contributed by atoms with Crippen LogP contribution >= 0.6 is 11.6 Å². The second-order valence-corrected chi connectivity index (χ2v) is 7.72. The van der Waals surface area contributed by atoms with E-state index >= 15 is 0 Å². The molecule has 166 valence electrons. The minimum Gasteiger partial charge on any atom is -0.508 e. The molecule has 32 heavy (non-hydrogen) atoms. The summed E-state index contributed by atoms with van der Waals surface area (Å²) in [5.74, 6) is -5.04. The van der Waals surface area contributed by atoms with Gasteiger partial charge < -0.3 is 5.11 Å². The summed E-state index contributed by atoms with van der Waals surface area (Å²) >= 11 is 6.21. The third-order valence-corrected chi connectivity index (χ3v) is 5.50. The quantitative estimate of drug-likeness (QED) is 0.412. The van der Waals surface area contributed by atoms with Crippen molar-refractivity contribution in [1.82, 2.24) is 0 Å². The van der Waals surface area contributed by atoms with Crippen molar-refractivity contribution in [3.05, 3.63) is 83.4 Å². The highest BCUT2D eigenvalue weighted by Crippen LogP contribution is 2.46. The first-order chi connectivity index (χ1) is 15.1. The van der Waals surface area contributed by atoms with Crippen molar-refractivity contribution in [3.8, 4) is 16.9 Å². The van der Waals surface area contributed by atoms with Gasteiger partial charge in [-0.1, -0.05) is 54.1 Å². The van der Waals surface area contributed by atoms with Gasteiger partial charge in [-0.2, -0.15) is 27.1 Å². The number of phenols is 1. The first-order valence-electron chi connectivity index (χ1n) is 9.53. The number of benzene rings is 3. The smallest absolute Gasteiger partial charge is 0.459 e. The fraction of sp³-hybridized carbons (Fsp3) is 0.174. The first kappa shape index (κ1) is 22.1. The Morgan fingerprint density at radius 1 is 0.875 bits per heavy atom. The Morgan fingerprint density at radius 2 is 1.53 bits per heavy atom. The van der Waals surface area contributed by atoms with Crippen molar-refractivity contribution in [2.24, 2.45) is 5.10 Å². The second kappa shape index (κ2) is 8.09. The lowest BCUT2D eigenvalue weighted by Gasteiger charge is -2.25. The van der Waals surface area contributed by atoms with E-state index in [0.717, 1.165) is 5.01 Å². The lowest BCUT2D eigenvalue weighted by Crippen LogP contribution is -2.43. The monoisotopic (exact) mass is 466 g/mol. The Morgan fingerprint density at radius 3 is 2.19 bits per heavy atom. The molecule has 0 amide bonds. The molecule has 0 saturated carbocycles. The van der Waals surface area contributed by atoms with E-state index in [0.29, 0.717) is 16.7 Å². The van der Waals surface area contributed by atoms with Gasteiger partial charge in [-0.3, -0.25) is 5.01 Å². The normalized spacial score (nSPS) is 16.9. The summed E-state index contributed by atoms with van der Waals surface area (Å²) in [6, 6.07) is 18.4. The summed E-state index contributed by atoms with van der Waals surface area (Å²) in [6.45, 7) is 0. The van der Waals surface area contributed by atoms with E-state index in [4.69, 9.17) is 11.6 Å². The van der Waals surface area contributed by atoms with E-state index in [2.05, 4.69) is 5.10 Å². The van der Waals surface area contributed by atoms with Crippen LogP contribution in [-0.4, -0.2) is 22.9 Å². The third kappa shape index (κ3) is 4.02. The molecule has 0 saturated heterocycles. The summed E-state index contributed by atoms with van der Waals surface area (Å²) in [4.78, 5) is 0. The fourth-order valence-corrected chi connectivity index (χ4v) is 3.82. The summed E-state index contributed by atoms with van der Waals surface area (Å²) in [6.07, 6.45) is -6.41. The van der Waals surface area contributed by atoms with Crippen LogP contribution in [0.5, 0.6) is 5.75 Å². The number of phenolic OH excluding ortho intramolecular Hbond substituents is 1. The van der Waals surface area contributed by atoms with E-state index in [-0.39, 0.29) is 16.5 Å². The van der Waals surface area contributed by atoms with Crippen LogP contribution in [0, 0.1) is 0 Å². The largest absolute Gasteiger partial charge is 0.508 e. The average molecular weight is 467 g/mol. The van der Waals surface area contributed by atoms with Crippen LogP contribution in [-0.2, 0) is 0 Å². The average Bonchev–Trinajstić information content (AvgIpc) is 3.19. The Labute approximate surface area is 185 Å². The fourth-order valence-electron chi connectivity index (χ4n) is 3.59. The van der Waals surface area contributed by atoms with Crippen LogP contribution in [0.15, 0.2) is 77.9 Å². The van der Waals surface area contributed by atoms with Crippen LogP contribution in [0.1, 0.15) is 18.0 Å². The number of nitrogens with zero attached hydrogens (tertiary/aromatic N) is 2. The van der Waals surface area contributed by atoms with Crippen LogP contribution in [0.2, 0.25) is 5.02 Å². The van der Waals surface area contributed by atoms with Crippen LogP contribution in [0.4, 0.5) is 27.6 Å². The highest BCUT2D eigenvalue weighted by Gasteiger charge is 2.62. The molecule has 1 atom stereocenters. The summed E-state index contributed by atoms with van der Waals surface area (Å²) in [7, 11) is 0. The topological polar surface area (TPSA) is 35.8 Å². The van der Waals surface area contributed by atoms with Gasteiger partial charge in [0.05, 0.1) is 16.8 Å². The number of hydrogen-bond acceptors (Lipinski definition) is 3. The van der Waals surface area contributed by atoms with Crippen molar-refractivity contribution >= 4 is 23.0 Å². The van der Waals surface area contributed by atoms with Gasteiger partial charge in [-0.15, -0.1) is 0 Å². The molecular weight excluding hydrogens is 451 g/mol. The zero-order valence-corrected chi connectivity index (χ0v) is 17.1. The van der Waals surface area contributed by atoms with Crippen LogP contribution in [0.3, 0.4) is 0 Å². The highest BCUT2D eigenvalue weighted by atomic mass is 35.5. The molecular formula is C23H16ClF5N2O. The molecule has 3 aromatic carbocycles. The molecule has 0 bridgehead atoms. The van der Waals surface area contributed by atoms with Crippen molar-refractivity contribution in [2.75, 3.05) is 5.01 Å². The van der Waals surface area contributed by atoms with Gasteiger partial charge in [0, 0.05) is 6.42 Å². The van der Waals surface area contributed by atoms with Gasteiger partial charge in [0.1, 0.15) is 11.5 Å². The summed E-state index contributed by atoms with van der Waals surface area (Å²) in [5, 5.41) is 14.7. The van der Waals surface area contributed by atoms with Crippen molar-refractivity contribution in [3.63, 3.8) is 0 Å². The predicted molar refractivity (Wildman–Crippen MR) is 113 cm³/mol. The molecule has 4 rings (SSSR count). The highest BCUT2D eigenvalue weighted by molar-refractivity contribution is 6.33. The number of anilines is 1. The standard InChI is InChI=1S/C23H16ClF5N2O/c24-18-9-1-2-10-19(18)31-20(13-21(30-31)22(25,26)23(27,28)29)16-7-3-5-14(11-16)15-6-4-8-17(32)12-15/h1-12,20,32H,13H2. The van der Waals surface area contributed by atoms with Gasteiger partial charge in [0.15, 0.2) is 0 Å². The number of rotatable bonds is 4. The second-order valence-electron chi connectivity index (χ2n) is 7.31. The molecule has 1 unspecified atom stereocenters. The van der Waals surface area contributed by atoms with E-state index in [1.165, 1.54) is 24.3 Å². The number of aromatic hydroxyl groups is 1. The van der Waals surface area contributed by atoms with Crippen molar-refractivity contribution in [2.45, 2.75) is 24.6 Å². The maximum atomic E-state index is 14.2. The zero-order valence-electron chi connectivity index (χ0n) is 16.3. The van der Waals surface area contributed by atoms with E-state index in [1.54, 1.807) is 48.5 Å². The SMILES string of the molecule is Oc1cccc(-c2cccc(C3CC(C(F)(F)C(F)(F)F)=NN3c3ccccc3Cl)c2)c1. The molecule has 3 nitrogen and oxygen atoms in total. The van der Waals surface area contributed by atoms with Gasteiger partial charge >= 0.3 is 12.1 Å². The van der Waals surface area contributed by atoms with Gasteiger partial charge in [0.25, 0.3) is 0 Å². The van der Waals surface area contributed by atoms with Crippen LogP contribution < -0.4 is 5.01 Å². The molecule has 1 aliphatic rings. The maximum absolute atomic E-state index is 14.2. The molecule has 3 aromatic rings. The van der Waals surface area contributed by atoms with Gasteiger partial charge in [-0.05, 0) is 47.0 Å². The summed E-state index contributed by atoms with van der Waals surface area (Å²) in [5.41, 5.74) is 0.736. The Kier molecular flexibility index (Phi) is 5.58. The Hall–Kier alpha value is -3.13. The number of hydrogen-bond donors (Lipinski definition) is 1. The molecule has 1 aliphatic heterocycles. The lowest BCUT2D eigenvalue weighted by molar-refractivity contribution is -0.249. The molecule has 0 radical (unpaired) electrons. The predicted octanol–water partition coefficient (Wildman–Crippen LogP) is 7.22. The van der Waals surface area contributed by atoms with Crippen molar-refractivity contribution in [1.29, 1.82) is 0 Å². The Balaban J connectivity index is 1.79.